The van der Waals surface area contributed by atoms with Crippen molar-refractivity contribution in [3.8, 4) is 0 Å². The maximum absolute atomic E-state index is 12.0. The van der Waals surface area contributed by atoms with E-state index in [1.165, 1.54) is 12.1 Å². The minimum absolute atomic E-state index is 0.0761. The van der Waals surface area contributed by atoms with Gasteiger partial charge in [-0.05, 0) is 25.3 Å². The van der Waals surface area contributed by atoms with Crippen LogP contribution in [-0.4, -0.2) is 23.9 Å². The van der Waals surface area contributed by atoms with Crippen LogP contribution in [0, 0.1) is 10.1 Å². The molecule has 0 bridgehead atoms. The Kier molecular flexibility index (Phi) is 3.45. The summed E-state index contributed by atoms with van der Waals surface area (Å²) >= 11 is 0. The molecule has 0 saturated heterocycles. The van der Waals surface area contributed by atoms with Gasteiger partial charge in [0.2, 0.25) is 0 Å². The van der Waals surface area contributed by atoms with Crippen LogP contribution < -0.4 is 10.6 Å². The number of amides is 1. The van der Waals surface area contributed by atoms with E-state index in [0.717, 1.165) is 19.3 Å². The number of nitrogens with zero attached hydrogens (tertiary/aromatic N) is 1. The molecule has 1 aliphatic rings. The van der Waals surface area contributed by atoms with Crippen LogP contribution in [-0.2, 0) is 0 Å². The largest absolute Gasteiger partial charge is 0.387 e. The van der Waals surface area contributed by atoms with Crippen LogP contribution in [0.25, 0.3) is 0 Å². The minimum Gasteiger partial charge on any atom is -0.387 e. The molecule has 18 heavy (non-hydrogen) atoms. The number of hydrogen-bond acceptors (Lipinski definition) is 4. The second-order valence-corrected chi connectivity index (χ2v) is 4.34. The van der Waals surface area contributed by atoms with Gasteiger partial charge in [-0.1, -0.05) is 0 Å². The summed E-state index contributed by atoms with van der Waals surface area (Å²) in [7, 11) is 1.68. The Hall–Kier alpha value is -2.11. The summed E-state index contributed by atoms with van der Waals surface area (Å²) in [5.74, 6) is -0.257. The van der Waals surface area contributed by atoms with E-state index in [4.69, 9.17) is 0 Å². The SMILES string of the molecule is CNc1ccc([N+](=O)[O-])cc1C(=O)NC1CCC1. The lowest BCUT2D eigenvalue weighted by atomic mass is 9.93. The van der Waals surface area contributed by atoms with Gasteiger partial charge in [-0.2, -0.15) is 0 Å². The average Bonchev–Trinajstić information content (AvgIpc) is 2.32. The van der Waals surface area contributed by atoms with Gasteiger partial charge in [0, 0.05) is 30.9 Å². The fraction of sp³-hybridized carbons (Fsp3) is 0.417. The van der Waals surface area contributed by atoms with Crippen molar-refractivity contribution in [2.75, 3.05) is 12.4 Å². The number of carbonyl (C=O) groups excluding carboxylic acids is 1. The Bertz CT molecular complexity index is 483. The van der Waals surface area contributed by atoms with Gasteiger partial charge in [-0.3, -0.25) is 14.9 Å². The monoisotopic (exact) mass is 249 g/mol. The predicted molar refractivity (Wildman–Crippen MR) is 67.7 cm³/mol. The van der Waals surface area contributed by atoms with Crippen molar-refractivity contribution < 1.29 is 9.72 Å². The van der Waals surface area contributed by atoms with Gasteiger partial charge in [-0.25, -0.2) is 0 Å². The molecule has 6 heteroatoms. The molecule has 0 heterocycles. The zero-order chi connectivity index (χ0) is 13.1. The molecular weight excluding hydrogens is 234 g/mol. The van der Waals surface area contributed by atoms with E-state index in [0.29, 0.717) is 11.3 Å². The van der Waals surface area contributed by atoms with Crippen LogP contribution in [0.15, 0.2) is 18.2 Å². The van der Waals surface area contributed by atoms with Gasteiger partial charge in [-0.15, -0.1) is 0 Å². The first-order valence-corrected chi connectivity index (χ1v) is 5.89. The van der Waals surface area contributed by atoms with Crippen LogP contribution in [0.4, 0.5) is 11.4 Å². The Balaban J connectivity index is 2.24. The minimum atomic E-state index is -0.500. The zero-order valence-electron chi connectivity index (χ0n) is 10.1. The van der Waals surface area contributed by atoms with Crippen molar-refractivity contribution in [3.05, 3.63) is 33.9 Å². The van der Waals surface area contributed by atoms with Crippen LogP contribution in [0.1, 0.15) is 29.6 Å². The van der Waals surface area contributed by atoms with Crippen molar-refractivity contribution in [2.45, 2.75) is 25.3 Å². The highest BCUT2D eigenvalue weighted by atomic mass is 16.6. The number of benzene rings is 1. The van der Waals surface area contributed by atoms with E-state index >= 15 is 0 Å². The molecule has 0 spiro atoms. The smallest absolute Gasteiger partial charge is 0.270 e. The number of non-ortho nitro benzene ring substituents is 1. The van der Waals surface area contributed by atoms with Crippen molar-refractivity contribution in [3.63, 3.8) is 0 Å². The number of nitrogens with one attached hydrogen (secondary N) is 2. The molecule has 0 aromatic heterocycles. The third-order valence-electron chi connectivity index (χ3n) is 3.17. The summed E-state index contributed by atoms with van der Waals surface area (Å²) in [4.78, 5) is 22.2. The molecule has 0 atom stereocenters. The molecular formula is C12H15N3O3. The zero-order valence-corrected chi connectivity index (χ0v) is 10.1. The second kappa shape index (κ2) is 5.03. The van der Waals surface area contributed by atoms with E-state index in [-0.39, 0.29) is 17.6 Å². The molecule has 6 nitrogen and oxygen atoms in total. The normalized spacial score (nSPS) is 14.7. The van der Waals surface area contributed by atoms with Gasteiger partial charge < -0.3 is 10.6 Å². The Morgan fingerprint density at radius 2 is 2.17 bits per heavy atom. The number of nitro benzene ring substituents is 1. The molecule has 96 valence electrons. The summed E-state index contributed by atoms with van der Waals surface area (Å²) < 4.78 is 0. The highest BCUT2D eigenvalue weighted by molar-refractivity contribution is 6.00. The van der Waals surface area contributed by atoms with Crippen molar-refractivity contribution in [2.24, 2.45) is 0 Å². The first-order valence-electron chi connectivity index (χ1n) is 5.89. The molecule has 1 aliphatic carbocycles. The fourth-order valence-electron chi connectivity index (χ4n) is 1.87. The third-order valence-corrected chi connectivity index (χ3v) is 3.17. The summed E-state index contributed by atoms with van der Waals surface area (Å²) in [6.45, 7) is 0. The summed E-state index contributed by atoms with van der Waals surface area (Å²) in [5, 5.41) is 16.5. The van der Waals surface area contributed by atoms with Crippen LogP contribution in [0.5, 0.6) is 0 Å². The van der Waals surface area contributed by atoms with Crippen LogP contribution >= 0.6 is 0 Å². The second-order valence-electron chi connectivity index (χ2n) is 4.34. The first-order chi connectivity index (χ1) is 8.61. The molecule has 0 aliphatic heterocycles. The van der Waals surface area contributed by atoms with Crippen molar-refractivity contribution in [1.29, 1.82) is 0 Å². The van der Waals surface area contributed by atoms with Crippen molar-refractivity contribution >= 4 is 17.3 Å². The van der Waals surface area contributed by atoms with E-state index in [9.17, 15) is 14.9 Å². The first kappa shape index (κ1) is 12.3. The molecule has 1 aromatic rings. The number of carbonyl (C=O) groups is 1. The quantitative estimate of drug-likeness (QED) is 0.630. The standard InChI is InChI=1S/C12H15N3O3/c1-13-11-6-5-9(15(17)18)7-10(11)12(16)14-8-3-2-4-8/h5-8,13H,2-4H2,1H3,(H,14,16). The molecule has 0 unspecified atom stereocenters. The average molecular weight is 249 g/mol. The maximum atomic E-state index is 12.0. The molecule has 1 aromatic carbocycles. The van der Waals surface area contributed by atoms with Crippen LogP contribution in [0.2, 0.25) is 0 Å². The summed E-state index contributed by atoms with van der Waals surface area (Å²) in [5.41, 5.74) is 0.837. The van der Waals surface area contributed by atoms with Gasteiger partial charge in [0.05, 0.1) is 10.5 Å². The number of nitro groups is 1. The fourth-order valence-corrected chi connectivity index (χ4v) is 1.87. The lowest BCUT2D eigenvalue weighted by Gasteiger charge is -2.26. The summed E-state index contributed by atoms with van der Waals surface area (Å²) in [6, 6.07) is 4.45. The number of rotatable bonds is 4. The highest BCUT2D eigenvalue weighted by Crippen LogP contribution is 2.24. The Morgan fingerprint density at radius 1 is 1.44 bits per heavy atom. The lowest BCUT2D eigenvalue weighted by Crippen LogP contribution is -2.39. The van der Waals surface area contributed by atoms with Gasteiger partial charge in [0.15, 0.2) is 0 Å². The summed E-state index contributed by atoms with van der Waals surface area (Å²) in [6.07, 6.45) is 3.09. The predicted octanol–water partition coefficient (Wildman–Crippen LogP) is 1.92. The van der Waals surface area contributed by atoms with Crippen molar-refractivity contribution in [1.82, 2.24) is 5.32 Å². The maximum Gasteiger partial charge on any atom is 0.270 e. The molecule has 1 fully saturated rings. The number of hydrogen-bond donors (Lipinski definition) is 2. The van der Waals surface area contributed by atoms with E-state index < -0.39 is 4.92 Å². The van der Waals surface area contributed by atoms with E-state index in [2.05, 4.69) is 10.6 Å². The molecule has 2 rings (SSSR count). The van der Waals surface area contributed by atoms with E-state index in [1.54, 1.807) is 13.1 Å². The topological polar surface area (TPSA) is 84.3 Å². The van der Waals surface area contributed by atoms with E-state index in [1.807, 2.05) is 0 Å². The Labute approximate surface area is 105 Å². The van der Waals surface area contributed by atoms with Gasteiger partial charge >= 0.3 is 0 Å². The van der Waals surface area contributed by atoms with Gasteiger partial charge in [0.1, 0.15) is 0 Å². The lowest BCUT2D eigenvalue weighted by molar-refractivity contribution is -0.384. The molecule has 0 radical (unpaired) electrons. The van der Waals surface area contributed by atoms with Gasteiger partial charge in [0.25, 0.3) is 11.6 Å². The molecule has 2 N–H and O–H groups in total. The highest BCUT2D eigenvalue weighted by Gasteiger charge is 2.22. The molecule has 1 amide bonds. The number of anilines is 1. The third kappa shape index (κ3) is 2.42. The Morgan fingerprint density at radius 3 is 2.67 bits per heavy atom. The van der Waals surface area contributed by atoms with Crippen LogP contribution in [0.3, 0.4) is 0 Å². The molecule has 1 saturated carbocycles.